The van der Waals surface area contributed by atoms with Gasteiger partial charge in [-0.15, -0.1) is 11.3 Å². The van der Waals surface area contributed by atoms with Crippen LogP contribution in [0, 0.1) is 0 Å². The molecule has 0 radical (unpaired) electrons. The van der Waals surface area contributed by atoms with Gasteiger partial charge in [0.15, 0.2) is 0 Å². The molecule has 4 rings (SSSR count). The zero-order valence-electron chi connectivity index (χ0n) is 13.8. The van der Waals surface area contributed by atoms with E-state index in [-0.39, 0.29) is 0 Å². The lowest BCUT2D eigenvalue weighted by atomic mass is 10.2. The Morgan fingerprint density at radius 1 is 1.28 bits per heavy atom. The number of piperazine rings is 1. The first-order chi connectivity index (χ1) is 12.3. The average molecular weight is 358 g/mol. The average Bonchev–Trinajstić information content (AvgIpc) is 3.30. The summed E-state index contributed by atoms with van der Waals surface area (Å²) in [5.74, 6) is 0.865. The van der Waals surface area contributed by atoms with Gasteiger partial charge in [-0.05, 0) is 17.5 Å². The van der Waals surface area contributed by atoms with Crippen LogP contribution in [-0.2, 0) is 11.3 Å². The summed E-state index contributed by atoms with van der Waals surface area (Å²) in [7, 11) is 1.36. The Morgan fingerprint density at radius 3 is 2.92 bits per heavy atom. The predicted octanol–water partition coefficient (Wildman–Crippen LogP) is 2.39. The molecule has 0 spiro atoms. The standard InChI is InChI=1S/C17H18N4O3S/c1-23-17(22)14-12(2-8-24-14)10-20-4-6-21(7-5-20)15-13-3-9-25-16(13)19-11-18-15/h2-3,8-9,11H,4-7,10H2,1H3. The fourth-order valence-corrected chi connectivity index (χ4v) is 3.85. The summed E-state index contributed by atoms with van der Waals surface area (Å²) < 4.78 is 10.0. The fraction of sp³-hybridized carbons (Fsp3) is 0.353. The van der Waals surface area contributed by atoms with Crippen molar-refractivity contribution < 1.29 is 13.9 Å². The van der Waals surface area contributed by atoms with Crippen molar-refractivity contribution in [2.75, 3.05) is 38.2 Å². The molecule has 0 aromatic carbocycles. The van der Waals surface area contributed by atoms with Crippen LogP contribution in [0.1, 0.15) is 16.1 Å². The third-order valence-electron chi connectivity index (χ3n) is 4.42. The Labute approximate surface area is 148 Å². The molecule has 0 unspecified atom stereocenters. The van der Waals surface area contributed by atoms with Gasteiger partial charge in [0.2, 0.25) is 5.76 Å². The Bertz CT molecular complexity index is 883. The van der Waals surface area contributed by atoms with E-state index in [4.69, 9.17) is 9.15 Å². The first-order valence-electron chi connectivity index (χ1n) is 8.06. The number of esters is 1. The van der Waals surface area contributed by atoms with Gasteiger partial charge in [-0.25, -0.2) is 14.8 Å². The van der Waals surface area contributed by atoms with Crippen molar-refractivity contribution in [2.24, 2.45) is 0 Å². The summed E-state index contributed by atoms with van der Waals surface area (Å²) in [6.45, 7) is 4.22. The second-order valence-corrected chi connectivity index (χ2v) is 6.76. The summed E-state index contributed by atoms with van der Waals surface area (Å²) in [6.07, 6.45) is 3.17. The molecule has 7 nitrogen and oxygen atoms in total. The van der Waals surface area contributed by atoms with Crippen LogP contribution < -0.4 is 4.90 Å². The van der Waals surface area contributed by atoms with Gasteiger partial charge in [-0.1, -0.05) is 0 Å². The van der Waals surface area contributed by atoms with E-state index in [1.54, 1.807) is 17.7 Å². The van der Waals surface area contributed by atoms with Gasteiger partial charge < -0.3 is 14.1 Å². The second kappa shape index (κ2) is 6.81. The molecule has 0 amide bonds. The number of anilines is 1. The van der Waals surface area contributed by atoms with E-state index in [1.807, 2.05) is 11.4 Å². The minimum atomic E-state index is -0.431. The third-order valence-corrected chi connectivity index (χ3v) is 5.24. The monoisotopic (exact) mass is 358 g/mol. The zero-order chi connectivity index (χ0) is 17.2. The van der Waals surface area contributed by atoms with Crippen LogP contribution in [0.3, 0.4) is 0 Å². The van der Waals surface area contributed by atoms with Crippen molar-refractivity contribution >= 4 is 33.3 Å². The smallest absolute Gasteiger partial charge is 0.374 e. The highest BCUT2D eigenvalue weighted by Gasteiger charge is 2.23. The SMILES string of the molecule is COC(=O)c1occc1CN1CCN(c2ncnc3sccc23)CC1. The summed E-state index contributed by atoms with van der Waals surface area (Å²) in [6, 6.07) is 3.91. The van der Waals surface area contributed by atoms with Crippen molar-refractivity contribution in [3.8, 4) is 0 Å². The number of furan rings is 1. The normalized spacial score (nSPS) is 15.6. The number of rotatable bonds is 4. The van der Waals surface area contributed by atoms with Gasteiger partial charge in [0.1, 0.15) is 17.0 Å². The summed E-state index contributed by atoms with van der Waals surface area (Å²) >= 11 is 1.63. The van der Waals surface area contributed by atoms with Crippen LogP contribution in [0.25, 0.3) is 10.2 Å². The topological polar surface area (TPSA) is 71.7 Å². The molecule has 0 atom stereocenters. The number of methoxy groups -OCH3 is 1. The van der Waals surface area contributed by atoms with E-state index in [0.717, 1.165) is 47.8 Å². The van der Waals surface area contributed by atoms with E-state index >= 15 is 0 Å². The van der Waals surface area contributed by atoms with Crippen LogP contribution in [0.2, 0.25) is 0 Å². The molecule has 1 aliphatic rings. The molecular formula is C17H18N4O3S. The summed E-state index contributed by atoms with van der Waals surface area (Å²) in [5, 5.41) is 3.16. The minimum absolute atomic E-state index is 0.292. The zero-order valence-corrected chi connectivity index (χ0v) is 14.7. The highest BCUT2D eigenvalue weighted by atomic mass is 32.1. The molecule has 1 saturated heterocycles. The number of fused-ring (bicyclic) bond motifs is 1. The largest absolute Gasteiger partial charge is 0.463 e. The Balaban J connectivity index is 1.43. The molecule has 0 aliphatic carbocycles. The van der Waals surface area contributed by atoms with Crippen LogP contribution in [0.4, 0.5) is 5.82 Å². The Hall–Kier alpha value is -2.45. The number of thiophene rings is 1. The maximum absolute atomic E-state index is 11.7. The molecule has 0 N–H and O–H groups in total. The number of ether oxygens (including phenoxy) is 1. The lowest BCUT2D eigenvalue weighted by molar-refractivity contribution is 0.0561. The molecule has 4 heterocycles. The molecule has 8 heteroatoms. The van der Waals surface area contributed by atoms with Crippen molar-refractivity contribution in [1.29, 1.82) is 0 Å². The maximum atomic E-state index is 11.7. The maximum Gasteiger partial charge on any atom is 0.374 e. The van der Waals surface area contributed by atoms with E-state index in [9.17, 15) is 4.79 Å². The molecule has 0 bridgehead atoms. The quantitative estimate of drug-likeness (QED) is 0.663. The van der Waals surface area contributed by atoms with Gasteiger partial charge in [0.25, 0.3) is 0 Å². The van der Waals surface area contributed by atoms with Crippen LogP contribution in [0.5, 0.6) is 0 Å². The van der Waals surface area contributed by atoms with E-state index in [1.165, 1.54) is 13.4 Å². The predicted molar refractivity (Wildman–Crippen MR) is 95.0 cm³/mol. The molecule has 1 fully saturated rings. The van der Waals surface area contributed by atoms with Crippen LogP contribution in [0.15, 0.2) is 34.5 Å². The van der Waals surface area contributed by atoms with Crippen LogP contribution >= 0.6 is 11.3 Å². The van der Waals surface area contributed by atoms with Crippen molar-refractivity contribution in [2.45, 2.75) is 6.54 Å². The van der Waals surface area contributed by atoms with Gasteiger partial charge in [0.05, 0.1) is 18.8 Å². The van der Waals surface area contributed by atoms with Gasteiger partial charge >= 0.3 is 5.97 Å². The lowest BCUT2D eigenvalue weighted by Gasteiger charge is -2.35. The molecule has 25 heavy (non-hydrogen) atoms. The number of aromatic nitrogens is 2. The van der Waals surface area contributed by atoms with Crippen molar-refractivity contribution in [3.05, 3.63) is 41.4 Å². The fourth-order valence-electron chi connectivity index (χ4n) is 3.12. The minimum Gasteiger partial charge on any atom is -0.463 e. The molecule has 1 aliphatic heterocycles. The van der Waals surface area contributed by atoms with E-state index in [0.29, 0.717) is 12.3 Å². The molecule has 0 saturated carbocycles. The number of carbonyl (C=O) groups is 1. The molecular weight excluding hydrogens is 340 g/mol. The van der Waals surface area contributed by atoms with Crippen molar-refractivity contribution in [3.63, 3.8) is 0 Å². The highest BCUT2D eigenvalue weighted by molar-refractivity contribution is 7.16. The van der Waals surface area contributed by atoms with E-state index in [2.05, 4.69) is 25.8 Å². The second-order valence-electron chi connectivity index (χ2n) is 5.87. The number of hydrogen-bond acceptors (Lipinski definition) is 8. The van der Waals surface area contributed by atoms with Gasteiger partial charge in [-0.3, -0.25) is 4.90 Å². The van der Waals surface area contributed by atoms with Crippen molar-refractivity contribution in [1.82, 2.24) is 14.9 Å². The Morgan fingerprint density at radius 2 is 2.12 bits per heavy atom. The van der Waals surface area contributed by atoms with Gasteiger partial charge in [-0.2, -0.15) is 0 Å². The third kappa shape index (κ3) is 3.10. The van der Waals surface area contributed by atoms with E-state index < -0.39 is 5.97 Å². The highest BCUT2D eigenvalue weighted by Crippen LogP contribution is 2.27. The summed E-state index contributed by atoms with van der Waals surface area (Å²) in [4.78, 5) is 26.1. The first-order valence-corrected chi connectivity index (χ1v) is 8.94. The Kier molecular flexibility index (Phi) is 4.37. The molecule has 3 aromatic rings. The van der Waals surface area contributed by atoms with Gasteiger partial charge in [0, 0.05) is 38.3 Å². The summed E-state index contributed by atoms with van der Waals surface area (Å²) in [5.41, 5.74) is 0.863. The first kappa shape index (κ1) is 16.0. The number of hydrogen-bond donors (Lipinski definition) is 0. The van der Waals surface area contributed by atoms with Crippen LogP contribution in [-0.4, -0.2) is 54.1 Å². The number of nitrogens with zero attached hydrogens (tertiary/aromatic N) is 4. The lowest BCUT2D eigenvalue weighted by Crippen LogP contribution is -2.46. The molecule has 130 valence electrons. The number of carbonyl (C=O) groups excluding carboxylic acids is 1. The molecule has 3 aromatic heterocycles.